The van der Waals surface area contributed by atoms with E-state index < -0.39 is 18.0 Å². The fourth-order valence-electron chi connectivity index (χ4n) is 3.20. The van der Waals surface area contributed by atoms with Crippen molar-refractivity contribution in [3.8, 4) is 11.5 Å². The first kappa shape index (κ1) is 21.1. The average Bonchev–Trinajstić information content (AvgIpc) is 2.77. The normalized spacial score (nSPS) is 14.8. The van der Waals surface area contributed by atoms with Crippen molar-refractivity contribution >= 4 is 22.8 Å². The van der Waals surface area contributed by atoms with Crippen LogP contribution in [0.4, 0.5) is 0 Å². The number of nitrogens with one attached hydrogen (secondary N) is 1. The van der Waals surface area contributed by atoms with Gasteiger partial charge < -0.3 is 25.0 Å². The van der Waals surface area contributed by atoms with E-state index in [2.05, 4.69) is 10.3 Å². The van der Waals surface area contributed by atoms with Gasteiger partial charge in [-0.05, 0) is 41.8 Å². The van der Waals surface area contributed by atoms with Gasteiger partial charge in [-0.25, -0.2) is 9.78 Å². The summed E-state index contributed by atoms with van der Waals surface area (Å²) < 4.78 is 10.4. The van der Waals surface area contributed by atoms with Gasteiger partial charge in [0.05, 0.1) is 19.7 Å². The van der Waals surface area contributed by atoms with Crippen LogP contribution in [0.15, 0.2) is 48.5 Å². The molecule has 0 aliphatic carbocycles. The minimum Gasteiger partial charge on any atom is -0.493 e. The second-order valence-electron chi connectivity index (χ2n) is 6.65. The van der Waals surface area contributed by atoms with Crippen LogP contribution < -0.4 is 14.8 Å². The van der Waals surface area contributed by atoms with Gasteiger partial charge in [0.1, 0.15) is 11.7 Å². The van der Waals surface area contributed by atoms with Gasteiger partial charge in [0.15, 0.2) is 11.5 Å². The lowest BCUT2D eigenvalue weighted by Crippen LogP contribution is -2.41. The van der Waals surface area contributed by atoms with Crippen LogP contribution in [0.1, 0.15) is 21.6 Å². The molecule has 1 atom stereocenters. The van der Waals surface area contributed by atoms with E-state index >= 15 is 0 Å². The van der Waals surface area contributed by atoms with Crippen molar-refractivity contribution in [2.75, 3.05) is 14.2 Å². The SMILES string of the molecule is COc1cc2c(cc1OC)CC(C(=O)O)NC2.O=C(O)c1ccc2ccccc2n1. The molecule has 0 fully saturated rings. The maximum Gasteiger partial charge on any atom is 0.354 e. The summed E-state index contributed by atoms with van der Waals surface area (Å²) in [5, 5.41) is 21.6. The lowest BCUT2D eigenvalue weighted by Gasteiger charge is -2.24. The number of pyridine rings is 1. The van der Waals surface area contributed by atoms with Gasteiger partial charge >= 0.3 is 11.9 Å². The van der Waals surface area contributed by atoms with Crippen molar-refractivity contribution in [3.05, 3.63) is 65.4 Å². The zero-order chi connectivity index (χ0) is 21.7. The number of aliphatic carboxylic acids is 1. The largest absolute Gasteiger partial charge is 0.493 e. The van der Waals surface area contributed by atoms with Crippen LogP contribution in [0.5, 0.6) is 11.5 Å². The molecule has 30 heavy (non-hydrogen) atoms. The van der Waals surface area contributed by atoms with Crippen LogP contribution in [-0.4, -0.2) is 47.4 Å². The van der Waals surface area contributed by atoms with Crippen molar-refractivity contribution in [2.24, 2.45) is 0 Å². The number of methoxy groups -OCH3 is 2. The molecule has 1 unspecified atom stereocenters. The van der Waals surface area contributed by atoms with E-state index in [-0.39, 0.29) is 5.69 Å². The Hall–Kier alpha value is -3.65. The minimum absolute atomic E-state index is 0.0821. The Morgan fingerprint density at radius 1 is 1.00 bits per heavy atom. The number of carboxylic acid groups (broad SMARTS) is 2. The third-order valence-electron chi connectivity index (χ3n) is 4.78. The lowest BCUT2D eigenvalue weighted by molar-refractivity contribution is -0.139. The van der Waals surface area contributed by atoms with E-state index in [1.54, 1.807) is 26.4 Å². The number of fused-ring (bicyclic) bond motifs is 2. The van der Waals surface area contributed by atoms with E-state index in [4.69, 9.17) is 19.7 Å². The van der Waals surface area contributed by atoms with E-state index in [0.29, 0.717) is 30.0 Å². The predicted octanol–water partition coefficient (Wildman–Crippen LogP) is 2.74. The van der Waals surface area contributed by atoms with E-state index in [1.165, 1.54) is 6.07 Å². The Morgan fingerprint density at radius 2 is 1.67 bits per heavy atom. The molecule has 8 heteroatoms. The van der Waals surface area contributed by atoms with Crippen LogP contribution in [0.3, 0.4) is 0 Å². The van der Waals surface area contributed by atoms with E-state index in [9.17, 15) is 9.59 Å². The highest BCUT2D eigenvalue weighted by molar-refractivity contribution is 5.89. The molecule has 3 aromatic rings. The van der Waals surface area contributed by atoms with Crippen LogP contribution in [0, 0.1) is 0 Å². The topological polar surface area (TPSA) is 118 Å². The zero-order valence-electron chi connectivity index (χ0n) is 16.6. The zero-order valence-corrected chi connectivity index (χ0v) is 16.6. The Balaban J connectivity index is 0.000000177. The van der Waals surface area contributed by atoms with Crippen molar-refractivity contribution in [1.29, 1.82) is 0 Å². The first-order valence-corrected chi connectivity index (χ1v) is 9.22. The molecule has 1 aliphatic heterocycles. The number of aromatic nitrogens is 1. The third kappa shape index (κ3) is 4.66. The number of ether oxygens (including phenoxy) is 2. The molecule has 4 rings (SSSR count). The Labute approximate surface area is 173 Å². The van der Waals surface area contributed by atoms with Crippen molar-refractivity contribution < 1.29 is 29.3 Å². The third-order valence-corrected chi connectivity index (χ3v) is 4.78. The summed E-state index contributed by atoms with van der Waals surface area (Å²) in [6.07, 6.45) is 0.463. The molecule has 0 saturated heterocycles. The molecule has 156 valence electrons. The first-order valence-electron chi connectivity index (χ1n) is 9.22. The summed E-state index contributed by atoms with van der Waals surface area (Å²) in [6, 6.07) is 13.9. The number of para-hydroxylation sites is 1. The molecule has 0 amide bonds. The fraction of sp³-hybridized carbons (Fsp3) is 0.227. The quantitative estimate of drug-likeness (QED) is 0.601. The smallest absolute Gasteiger partial charge is 0.354 e. The monoisotopic (exact) mass is 410 g/mol. The summed E-state index contributed by atoms with van der Waals surface area (Å²) in [4.78, 5) is 25.5. The fourth-order valence-corrected chi connectivity index (χ4v) is 3.20. The predicted molar refractivity (Wildman–Crippen MR) is 110 cm³/mol. The van der Waals surface area contributed by atoms with Gasteiger partial charge in [-0.3, -0.25) is 4.79 Å². The Bertz CT molecular complexity index is 1080. The highest BCUT2D eigenvalue weighted by atomic mass is 16.5. The van der Waals surface area contributed by atoms with Crippen LogP contribution in [0.2, 0.25) is 0 Å². The number of nitrogens with zero attached hydrogens (tertiary/aromatic N) is 1. The van der Waals surface area contributed by atoms with Gasteiger partial charge in [-0.1, -0.05) is 24.3 Å². The number of hydrogen-bond donors (Lipinski definition) is 3. The molecule has 1 aliphatic rings. The van der Waals surface area contributed by atoms with E-state index in [1.807, 2.05) is 30.3 Å². The molecule has 1 aromatic heterocycles. The second kappa shape index (κ2) is 9.23. The Kier molecular flexibility index (Phi) is 6.48. The maximum absolute atomic E-state index is 10.9. The summed E-state index contributed by atoms with van der Waals surface area (Å²) >= 11 is 0. The molecule has 0 radical (unpaired) electrons. The molecule has 0 spiro atoms. The van der Waals surface area contributed by atoms with Crippen LogP contribution >= 0.6 is 0 Å². The Morgan fingerprint density at radius 3 is 2.30 bits per heavy atom. The minimum atomic E-state index is -0.995. The van der Waals surface area contributed by atoms with Gasteiger partial charge in [-0.2, -0.15) is 0 Å². The van der Waals surface area contributed by atoms with E-state index in [0.717, 1.165) is 16.5 Å². The summed E-state index contributed by atoms with van der Waals surface area (Å²) in [7, 11) is 3.15. The number of rotatable bonds is 4. The molecule has 0 saturated carbocycles. The molecule has 3 N–H and O–H groups in total. The lowest BCUT2D eigenvalue weighted by atomic mass is 9.95. The van der Waals surface area contributed by atoms with Crippen molar-refractivity contribution in [2.45, 2.75) is 19.0 Å². The van der Waals surface area contributed by atoms with Gasteiger partial charge in [-0.15, -0.1) is 0 Å². The van der Waals surface area contributed by atoms with Crippen molar-refractivity contribution in [1.82, 2.24) is 10.3 Å². The number of aromatic carboxylic acids is 1. The number of carboxylic acids is 2. The number of carbonyl (C=O) groups is 2. The van der Waals surface area contributed by atoms with Gasteiger partial charge in [0.25, 0.3) is 0 Å². The maximum atomic E-state index is 10.9. The summed E-state index contributed by atoms with van der Waals surface area (Å²) in [6.45, 7) is 0.534. The standard InChI is InChI=1S/C12H15NO4.C10H7NO2/c1-16-10-4-7-3-9(12(14)15)13-6-8(7)5-11(10)17-2;12-10(13)9-6-5-7-3-1-2-4-8(7)11-9/h4-5,9,13H,3,6H2,1-2H3,(H,14,15);1-6H,(H,12,13). The molecule has 2 heterocycles. The van der Waals surface area contributed by atoms with Gasteiger partial charge in [0, 0.05) is 11.9 Å². The van der Waals surface area contributed by atoms with Crippen LogP contribution in [-0.2, 0) is 17.8 Å². The summed E-state index contributed by atoms with van der Waals surface area (Å²) in [5.41, 5.74) is 2.84. The van der Waals surface area contributed by atoms with Crippen LogP contribution in [0.25, 0.3) is 10.9 Å². The highest BCUT2D eigenvalue weighted by Gasteiger charge is 2.25. The second-order valence-corrected chi connectivity index (χ2v) is 6.65. The average molecular weight is 410 g/mol. The van der Waals surface area contributed by atoms with Crippen molar-refractivity contribution in [3.63, 3.8) is 0 Å². The molecular formula is C22H22N2O6. The molecule has 8 nitrogen and oxygen atoms in total. The molecule has 2 aromatic carbocycles. The molecular weight excluding hydrogens is 388 g/mol. The highest BCUT2D eigenvalue weighted by Crippen LogP contribution is 2.32. The summed E-state index contributed by atoms with van der Waals surface area (Å²) in [5.74, 6) is -0.518. The first-order chi connectivity index (χ1) is 14.4. The van der Waals surface area contributed by atoms with Gasteiger partial charge in [0.2, 0.25) is 0 Å². The molecule has 0 bridgehead atoms. The number of hydrogen-bond acceptors (Lipinski definition) is 6. The number of benzene rings is 2.